The van der Waals surface area contributed by atoms with Crippen LogP contribution in [0.25, 0.3) is 11.3 Å². The quantitative estimate of drug-likeness (QED) is 0.626. The normalized spacial score (nSPS) is 12.9. The fraction of sp³-hybridized carbons (Fsp3) is 0.364. The van der Waals surface area contributed by atoms with Gasteiger partial charge in [-0.3, -0.25) is 4.98 Å². The van der Waals surface area contributed by atoms with E-state index in [4.69, 9.17) is 0 Å². The Morgan fingerprint density at radius 3 is 2.44 bits per heavy atom. The van der Waals surface area contributed by atoms with Crippen LogP contribution < -0.4 is 0 Å². The molecule has 0 saturated carbocycles. The number of halogens is 1. The van der Waals surface area contributed by atoms with Crippen LogP contribution >= 0.6 is 0 Å². The van der Waals surface area contributed by atoms with E-state index in [-0.39, 0.29) is 11.2 Å². The Balaban J connectivity index is 1.65. The van der Waals surface area contributed by atoms with E-state index >= 15 is 0 Å². The number of aliphatic hydroxyl groups excluding tert-OH is 1. The van der Waals surface area contributed by atoms with Gasteiger partial charge in [0.2, 0.25) is 0 Å². The molecule has 2 heterocycles. The summed E-state index contributed by atoms with van der Waals surface area (Å²) < 4.78 is 13.0. The molecule has 27 heavy (non-hydrogen) atoms. The highest BCUT2D eigenvalue weighted by Gasteiger charge is 2.18. The average Bonchev–Trinajstić information content (AvgIpc) is 3.08. The molecule has 0 bridgehead atoms. The molecular weight excluding hydrogens is 341 g/mol. The van der Waals surface area contributed by atoms with Crippen molar-refractivity contribution >= 4 is 0 Å². The summed E-state index contributed by atoms with van der Waals surface area (Å²) in [5, 5.41) is 10.5. The minimum atomic E-state index is -0.640. The van der Waals surface area contributed by atoms with Gasteiger partial charge < -0.3 is 10.1 Å². The van der Waals surface area contributed by atoms with Gasteiger partial charge in [-0.1, -0.05) is 51.5 Å². The van der Waals surface area contributed by atoms with Crippen molar-refractivity contribution in [2.24, 2.45) is 5.41 Å². The van der Waals surface area contributed by atoms with Crippen LogP contribution in [0.1, 0.15) is 50.4 Å². The topological polar surface area (TPSA) is 61.8 Å². The van der Waals surface area contributed by atoms with Crippen LogP contribution in [0, 0.1) is 11.2 Å². The molecule has 0 amide bonds. The highest BCUT2D eigenvalue weighted by Crippen LogP contribution is 2.26. The monoisotopic (exact) mass is 367 g/mol. The van der Waals surface area contributed by atoms with Gasteiger partial charge in [-0.05, 0) is 29.5 Å². The Labute approximate surface area is 159 Å². The van der Waals surface area contributed by atoms with Crippen molar-refractivity contribution in [1.29, 1.82) is 0 Å². The van der Waals surface area contributed by atoms with Gasteiger partial charge in [0.15, 0.2) is 0 Å². The number of aromatic nitrogens is 3. The maximum absolute atomic E-state index is 13.0. The number of imidazole rings is 1. The first-order valence-corrected chi connectivity index (χ1v) is 9.29. The van der Waals surface area contributed by atoms with Crippen molar-refractivity contribution in [2.45, 2.75) is 46.1 Å². The molecule has 3 aromatic rings. The molecule has 2 N–H and O–H groups in total. The van der Waals surface area contributed by atoms with E-state index < -0.39 is 6.10 Å². The number of aliphatic hydroxyl groups is 1. The first-order valence-electron chi connectivity index (χ1n) is 9.29. The molecule has 0 aliphatic rings. The maximum Gasteiger partial charge on any atom is 0.141 e. The number of rotatable bonds is 7. The summed E-state index contributed by atoms with van der Waals surface area (Å²) >= 11 is 0. The number of nitrogens with one attached hydrogen (secondary N) is 1. The molecule has 2 aromatic heterocycles. The molecule has 1 unspecified atom stereocenters. The lowest BCUT2D eigenvalue weighted by atomic mass is 9.85. The molecule has 5 heteroatoms. The standard InChI is InChI=1S/C22H26FN3O/c1-4-22(2,3)12-18-14-25-21(26-18)11-20(27)16-7-5-15(6-8-16)19-10-9-17(23)13-24-19/h5-10,13-14,20,27H,4,11-12H2,1-3H3,(H,25,26). The van der Waals surface area contributed by atoms with Crippen LogP contribution in [0.2, 0.25) is 0 Å². The molecule has 1 atom stereocenters. The Morgan fingerprint density at radius 2 is 1.81 bits per heavy atom. The van der Waals surface area contributed by atoms with Crippen molar-refractivity contribution in [1.82, 2.24) is 15.0 Å². The number of H-pyrrole nitrogens is 1. The molecule has 0 radical (unpaired) electrons. The zero-order valence-electron chi connectivity index (χ0n) is 16.0. The van der Waals surface area contributed by atoms with E-state index in [1.54, 1.807) is 6.07 Å². The van der Waals surface area contributed by atoms with Crippen molar-refractivity contribution in [3.63, 3.8) is 0 Å². The van der Waals surface area contributed by atoms with Gasteiger partial charge in [0.25, 0.3) is 0 Å². The molecule has 3 rings (SSSR count). The van der Waals surface area contributed by atoms with Gasteiger partial charge in [-0.25, -0.2) is 9.37 Å². The molecular formula is C22H26FN3O. The molecule has 0 fully saturated rings. The summed E-state index contributed by atoms with van der Waals surface area (Å²) in [6, 6.07) is 10.5. The van der Waals surface area contributed by atoms with E-state index in [2.05, 4.69) is 35.7 Å². The summed E-state index contributed by atoms with van der Waals surface area (Å²) in [4.78, 5) is 11.8. The molecule has 1 aromatic carbocycles. The fourth-order valence-electron chi connectivity index (χ4n) is 2.96. The second kappa shape index (κ2) is 8.01. The molecule has 0 saturated heterocycles. The number of nitrogens with zero attached hydrogens (tertiary/aromatic N) is 2. The van der Waals surface area contributed by atoms with Crippen molar-refractivity contribution in [3.05, 3.63) is 71.7 Å². The van der Waals surface area contributed by atoms with Gasteiger partial charge in [0.1, 0.15) is 11.6 Å². The number of benzene rings is 1. The smallest absolute Gasteiger partial charge is 0.141 e. The number of hydrogen-bond acceptors (Lipinski definition) is 3. The number of aromatic amines is 1. The molecule has 142 valence electrons. The van der Waals surface area contributed by atoms with Crippen molar-refractivity contribution in [3.8, 4) is 11.3 Å². The van der Waals surface area contributed by atoms with E-state index in [0.29, 0.717) is 12.1 Å². The van der Waals surface area contributed by atoms with E-state index in [9.17, 15) is 9.50 Å². The summed E-state index contributed by atoms with van der Waals surface area (Å²) in [5.74, 6) is 0.430. The Kier molecular flexibility index (Phi) is 5.71. The van der Waals surface area contributed by atoms with E-state index in [0.717, 1.165) is 35.5 Å². The predicted octanol–water partition coefficient (Wildman–Crippen LogP) is 4.87. The summed E-state index contributed by atoms with van der Waals surface area (Å²) in [7, 11) is 0. The molecule has 0 aliphatic heterocycles. The summed E-state index contributed by atoms with van der Waals surface area (Å²) in [5.41, 5.74) is 3.72. The summed E-state index contributed by atoms with van der Waals surface area (Å²) in [6.45, 7) is 6.66. The van der Waals surface area contributed by atoms with Crippen LogP contribution in [-0.2, 0) is 12.8 Å². The van der Waals surface area contributed by atoms with Gasteiger partial charge in [-0.15, -0.1) is 0 Å². The third-order valence-corrected chi connectivity index (χ3v) is 5.01. The van der Waals surface area contributed by atoms with Gasteiger partial charge in [0.05, 0.1) is 18.0 Å². The van der Waals surface area contributed by atoms with Crippen molar-refractivity contribution < 1.29 is 9.50 Å². The molecule has 4 nitrogen and oxygen atoms in total. The SMILES string of the molecule is CCC(C)(C)Cc1cnc(CC(O)c2ccc(-c3ccc(F)cn3)cc2)[nH]1. The minimum Gasteiger partial charge on any atom is -0.388 e. The van der Waals surface area contributed by atoms with E-state index in [1.165, 1.54) is 12.3 Å². The lowest BCUT2D eigenvalue weighted by Crippen LogP contribution is -2.13. The second-order valence-electron chi connectivity index (χ2n) is 7.75. The van der Waals surface area contributed by atoms with Gasteiger partial charge in [0, 0.05) is 23.9 Å². The number of pyridine rings is 1. The fourth-order valence-corrected chi connectivity index (χ4v) is 2.96. The Morgan fingerprint density at radius 1 is 1.07 bits per heavy atom. The third kappa shape index (κ3) is 5.01. The van der Waals surface area contributed by atoms with Crippen LogP contribution in [0.3, 0.4) is 0 Å². The van der Waals surface area contributed by atoms with Crippen LogP contribution in [0.4, 0.5) is 4.39 Å². The van der Waals surface area contributed by atoms with Gasteiger partial charge >= 0.3 is 0 Å². The van der Waals surface area contributed by atoms with E-state index in [1.807, 2.05) is 30.5 Å². The largest absolute Gasteiger partial charge is 0.388 e. The lowest BCUT2D eigenvalue weighted by Gasteiger charge is -2.21. The predicted molar refractivity (Wildman–Crippen MR) is 105 cm³/mol. The first kappa shape index (κ1) is 19.2. The zero-order chi connectivity index (χ0) is 19.4. The van der Waals surface area contributed by atoms with Crippen molar-refractivity contribution in [2.75, 3.05) is 0 Å². The van der Waals surface area contributed by atoms with Crippen LogP contribution in [0.5, 0.6) is 0 Å². The van der Waals surface area contributed by atoms with Crippen LogP contribution in [-0.4, -0.2) is 20.1 Å². The highest BCUT2D eigenvalue weighted by molar-refractivity contribution is 5.59. The number of hydrogen-bond donors (Lipinski definition) is 2. The lowest BCUT2D eigenvalue weighted by molar-refractivity contribution is 0.176. The zero-order valence-corrected chi connectivity index (χ0v) is 16.0. The highest BCUT2D eigenvalue weighted by atomic mass is 19.1. The molecule has 0 spiro atoms. The summed E-state index contributed by atoms with van der Waals surface area (Å²) in [6.07, 6.45) is 4.89. The average molecular weight is 367 g/mol. The van der Waals surface area contributed by atoms with Gasteiger partial charge in [-0.2, -0.15) is 0 Å². The first-order chi connectivity index (χ1) is 12.9. The van der Waals surface area contributed by atoms with Crippen LogP contribution in [0.15, 0.2) is 48.8 Å². The third-order valence-electron chi connectivity index (χ3n) is 5.01. The minimum absolute atomic E-state index is 0.229. The maximum atomic E-state index is 13.0. The Bertz CT molecular complexity index is 869. The molecule has 0 aliphatic carbocycles. The second-order valence-corrected chi connectivity index (χ2v) is 7.75. The Hall–Kier alpha value is -2.53.